The van der Waals surface area contributed by atoms with E-state index in [1.807, 2.05) is 26.0 Å². The van der Waals surface area contributed by atoms with Crippen LogP contribution in [0.15, 0.2) is 68.7 Å². The number of furan rings is 1. The van der Waals surface area contributed by atoms with Crippen LogP contribution in [-0.4, -0.2) is 30.1 Å². The average molecular weight is 475 g/mol. The zero-order valence-electron chi connectivity index (χ0n) is 19.9. The summed E-state index contributed by atoms with van der Waals surface area (Å²) in [6.07, 6.45) is 2.20. The smallest absolute Gasteiger partial charge is 0.263 e. The third-order valence-electron chi connectivity index (χ3n) is 6.01. The van der Waals surface area contributed by atoms with Gasteiger partial charge in [0.05, 0.1) is 17.3 Å². The Kier molecular flexibility index (Phi) is 6.42. The number of rotatable bonds is 8. The summed E-state index contributed by atoms with van der Waals surface area (Å²) in [7, 11) is 3.27. The van der Waals surface area contributed by atoms with Crippen LogP contribution < -0.4 is 26.0 Å². The third kappa shape index (κ3) is 4.28. The molecule has 9 nitrogen and oxygen atoms in total. The van der Waals surface area contributed by atoms with Gasteiger partial charge in [-0.3, -0.25) is 19.3 Å². The normalized spacial score (nSPS) is 11.9. The molecule has 9 heteroatoms. The molecule has 4 rings (SSSR count). The van der Waals surface area contributed by atoms with Crippen LogP contribution in [0.1, 0.15) is 41.3 Å². The lowest BCUT2D eigenvalue weighted by molar-refractivity contribution is 0.0990. The molecule has 0 unspecified atom stereocenters. The van der Waals surface area contributed by atoms with Crippen molar-refractivity contribution in [1.29, 1.82) is 0 Å². The molecule has 180 valence electrons. The van der Waals surface area contributed by atoms with Crippen molar-refractivity contribution in [3.63, 3.8) is 0 Å². The Labute approximate surface area is 201 Å². The number of nitrogens with one attached hydrogen (secondary N) is 1. The highest BCUT2D eigenvalue weighted by molar-refractivity contribution is 6.08. The molecule has 1 atom stereocenters. The topological polar surface area (TPSA) is 116 Å². The van der Waals surface area contributed by atoms with Crippen molar-refractivity contribution >= 4 is 28.8 Å². The van der Waals surface area contributed by atoms with Crippen molar-refractivity contribution in [2.45, 2.75) is 26.3 Å². The lowest BCUT2D eigenvalue weighted by Gasteiger charge is -2.30. The van der Waals surface area contributed by atoms with Gasteiger partial charge in [0, 0.05) is 20.3 Å². The SMILES string of the molecule is CC[C@H](c1ccc(C)o1)N(C)c1c(Nc2cccc(C(=O)N(C)c3ccccn3)c2O)c(=O)c1=O. The maximum atomic E-state index is 13.0. The number of hydrogen-bond acceptors (Lipinski definition) is 8. The number of aromatic hydroxyl groups is 1. The van der Waals surface area contributed by atoms with E-state index in [0.717, 1.165) is 5.76 Å². The van der Waals surface area contributed by atoms with Crippen LogP contribution in [0.2, 0.25) is 0 Å². The molecular formula is C26H26N4O5. The number of nitrogens with zero attached hydrogens (tertiary/aromatic N) is 3. The molecule has 0 aliphatic carbocycles. The predicted octanol–water partition coefficient (Wildman–Crippen LogP) is 3.89. The molecule has 2 heterocycles. The number of amides is 1. The zero-order valence-corrected chi connectivity index (χ0v) is 19.9. The minimum Gasteiger partial charge on any atom is -0.505 e. The summed E-state index contributed by atoms with van der Waals surface area (Å²) in [5, 5.41) is 13.7. The number of carbonyl (C=O) groups excluding carboxylic acids is 1. The monoisotopic (exact) mass is 474 g/mol. The minimum absolute atomic E-state index is 0.0225. The summed E-state index contributed by atoms with van der Waals surface area (Å²) in [5.74, 6) is 1.03. The Morgan fingerprint density at radius 2 is 1.86 bits per heavy atom. The molecule has 0 bridgehead atoms. The number of benzene rings is 1. The number of phenols is 1. The first-order valence-corrected chi connectivity index (χ1v) is 11.1. The van der Waals surface area contributed by atoms with E-state index in [0.29, 0.717) is 18.0 Å². The van der Waals surface area contributed by atoms with Crippen LogP contribution in [0.25, 0.3) is 0 Å². The van der Waals surface area contributed by atoms with Gasteiger partial charge in [0.1, 0.15) is 28.7 Å². The fourth-order valence-corrected chi connectivity index (χ4v) is 4.07. The van der Waals surface area contributed by atoms with E-state index >= 15 is 0 Å². The summed E-state index contributed by atoms with van der Waals surface area (Å²) in [4.78, 5) is 45.2. The van der Waals surface area contributed by atoms with E-state index in [4.69, 9.17) is 4.42 Å². The van der Waals surface area contributed by atoms with Gasteiger partial charge >= 0.3 is 0 Å². The van der Waals surface area contributed by atoms with Crippen LogP contribution in [0.3, 0.4) is 0 Å². The van der Waals surface area contributed by atoms with Gasteiger partial charge in [0.2, 0.25) is 0 Å². The van der Waals surface area contributed by atoms with E-state index in [9.17, 15) is 19.5 Å². The first-order chi connectivity index (χ1) is 16.7. The highest BCUT2D eigenvalue weighted by Crippen LogP contribution is 2.36. The number of aromatic nitrogens is 1. The molecule has 1 amide bonds. The number of aryl methyl sites for hydroxylation is 1. The molecule has 4 aromatic rings. The van der Waals surface area contributed by atoms with Gasteiger partial charge in [0.15, 0.2) is 5.75 Å². The lowest BCUT2D eigenvalue weighted by Crippen LogP contribution is -2.42. The standard InChI is InChI=1S/C26H26N4O5/c1-5-18(19-13-12-15(2)35-19)29(3)22-21(24(32)25(22)33)28-17-10-8-9-16(23(17)31)26(34)30(4)20-11-6-7-14-27-20/h6-14,18,28,31H,5H2,1-4H3/t18-/m1/s1. The molecule has 2 N–H and O–H groups in total. The van der Waals surface area contributed by atoms with Crippen LogP contribution >= 0.6 is 0 Å². The lowest BCUT2D eigenvalue weighted by atomic mass is 10.1. The largest absolute Gasteiger partial charge is 0.505 e. The Balaban J connectivity index is 1.64. The van der Waals surface area contributed by atoms with Gasteiger partial charge < -0.3 is 19.7 Å². The van der Waals surface area contributed by atoms with Gasteiger partial charge in [-0.2, -0.15) is 0 Å². The second-order valence-corrected chi connectivity index (χ2v) is 8.24. The highest BCUT2D eigenvalue weighted by Gasteiger charge is 2.30. The number of pyridine rings is 1. The Morgan fingerprint density at radius 1 is 1.09 bits per heavy atom. The number of anilines is 4. The second-order valence-electron chi connectivity index (χ2n) is 8.24. The molecule has 2 aromatic carbocycles. The molecule has 0 radical (unpaired) electrons. The summed E-state index contributed by atoms with van der Waals surface area (Å²) < 4.78 is 5.74. The van der Waals surface area contributed by atoms with Gasteiger partial charge in [-0.15, -0.1) is 0 Å². The third-order valence-corrected chi connectivity index (χ3v) is 6.01. The van der Waals surface area contributed by atoms with Gasteiger partial charge in [-0.05, 0) is 49.7 Å². The van der Waals surface area contributed by atoms with Gasteiger partial charge in [-0.25, -0.2) is 4.98 Å². The Hall–Kier alpha value is -4.40. The summed E-state index contributed by atoms with van der Waals surface area (Å²) >= 11 is 0. The second kappa shape index (κ2) is 9.46. The fourth-order valence-electron chi connectivity index (χ4n) is 4.07. The Bertz CT molecular complexity index is 1440. The zero-order chi connectivity index (χ0) is 25.3. The van der Waals surface area contributed by atoms with Crippen molar-refractivity contribution < 1.29 is 14.3 Å². The van der Waals surface area contributed by atoms with Crippen molar-refractivity contribution in [2.75, 3.05) is 29.2 Å². The molecule has 35 heavy (non-hydrogen) atoms. The van der Waals surface area contributed by atoms with E-state index in [2.05, 4.69) is 10.3 Å². The van der Waals surface area contributed by atoms with Crippen LogP contribution in [0.5, 0.6) is 5.75 Å². The van der Waals surface area contributed by atoms with Gasteiger partial charge in [-0.1, -0.05) is 19.1 Å². The van der Waals surface area contributed by atoms with E-state index in [-0.39, 0.29) is 34.4 Å². The molecule has 2 aromatic heterocycles. The van der Waals surface area contributed by atoms with Crippen LogP contribution in [0.4, 0.5) is 22.9 Å². The quantitative estimate of drug-likeness (QED) is 0.292. The summed E-state index contributed by atoms with van der Waals surface area (Å²) in [6, 6.07) is 13.2. The molecule has 0 aliphatic rings. The highest BCUT2D eigenvalue weighted by atomic mass is 16.3. The molecule has 0 saturated heterocycles. The first kappa shape index (κ1) is 23.7. The summed E-state index contributed by atoms with van der Waals surface area (Å²) in [5.41, 5.74) is -0.921. The average Bonchev–Trinajstić information content (AvgIpc) is 3.30. The van der Waals surface area contributed by atoms with E-state index in [1.165, 1.54) is 17.0 Å². The number of hydrogen-bond donors (Lipinski definition) is 2. The van der Waals surface area contributed by atoms with Gasteiger partial charge in [0.25, 0.3) is 16.8 Å². The fraction of sp³-hybridized carbons (Fsp3) is 0.231. The maximum Gasteiger partial charge on any atom is 0.263 e. The van der Waals surface area contributed by atoms with Crippen molar-refractivity contribution in [3.8, 4) is 5.75 Å². The molecule has 0 aliphatic heterocycles. The number of para-hydroxylation sites is 1. The van der Waals surface area contributed by atoms with E-state index < -0.39 is 16.8 Å². The molecule has 0 fully saturated rings. The molecule has 0 spiro atoms. The summed E-state index contributed by atoms with van der Waals surface area (Å²) in [6.45, 7) is 3.79. The number of carbonyl (C=O) groups is 1. The molecule has 0 saturated carbocycles. The van der Waals surface area contributed by atoms with E-state index in [1.54, 1.807) is 49.5 Å². The van der Waals surface area contributed by atoms with Crippen molar-refractivity contribution in [3.05, 3.63) is 92.3 Å². The maximum absolute atomic E-state index is 13.0. The first-order valence-electron chi connectivity index (χ1n) is 11.1. The van der Waals surface area contributed by atoms with Crippen LogP contribution in [-0.2, 0) is 0 Å². The molecular weight excluding hydrogens is 448 g/mol. The van der Waals surface area contributed by atoms with Crippen molar-refractivity contribution in [1.82, 2.24) is 4.98 Å². The predicted molar refractivity (Wildman–Crippen MR) is 135 cm³/mol. The number of phenolic OH excluding ortho intramolecular Hbond substituents is 1. The van der Waals surface area contributed by atoms with Crippen LogP contribution in [0, 0.1) is 6.92 Å². The minimum atomic E-state index is -0.695. The van der Waals surface area contributed by atoms with Crippen molar-refractivity contribution in [2.24, 2.45) is 0 Å². The Morgan fingerprint density at radius 3 is 2.49 bits per heavy atom.